The fourth-order valence-corrected chi connectivity index (χ4v) is 1.56. The lowest BCUT2D eigenvalue weighted by Crippen LogP contribution is -2.38. The average Bonchev–Trinajstić information content (AvgIpc) is 2.44. The summed E-state index contributed by atoms with van der Waals surface area (Å²) in [5, 5.41) is 8.23. The van der Waals surface area contributed by atoms with Crippen LogP contribution in [0.4, 0.5) is 0 Å². The lowest BCUT2D eigenvalue weighted by atomic mass is 10.1. The summed E-state index contributed by atoms with van der Waals surface area (Å²) in [5.74, 6) is -0.277. The number of hydrogen-bond donors (Lipinski definition) is 3. The minimum atomic E-state index is -0.159. The summed E-state index contributed by atoms with van der Waals surface area (Å²) in [6.07, 6.45) is 1.17. The van der Waals surface area contributed by atoms with E-state index in [2.05, 4.69) is 16.0 Å². The van der Waals surface area contributed by atoms with Gasteiger partial charge >= 0.3 is 0 Å². The SMILES string of the molecule is CNCCC(=O)NCC(=O)NCCc1ccccc1.Cl. The predicted octanol–water partition coefficient (Wildman–Crippen LogP) is 0.493. The lowest BCUT2D eigenvalue weighted by molar-refractivity contribution is -0.126. The van der Waals surface area contributed by atoms with Crippen molar-refractivity contribution >= 4 is 24.2 Å². The Hall–Kier alpha value is -1.59. The maximum absolute atomic E-state index is 11.5. The number of benzene rings is 1. The van der Waals surface area contributed by atoms with Gasteiger partial charge in [-0.05, 0) is 19.0 Å². The quantitative estimate of drug-likeness (QED) is 0.654. The van der Waals surface area contributed by atoms with E-state index < -0.39 is 0 Å². The van der Waals surface area contributed by atoms with Crippen LogP contribution in [0.25, 0.3) is 0 Å². The molecule has 0 fully saturated rings. The van der Waals surface area contributed by atoms with Gasteiger partial charge in [-0.3, -0.25) is 9.59 Å². The largest absolute Gasteiger partial charge is 0.354 e. The summed E-state index contributed by atoms with van der Waals surface area (Å²) < 4.78 is 0. The number of carbonyl (C=O) groups is 2. The molecule has 20 heavy (non-hydrogen) atoms. The van der Waals surface area contributed by atoms with Gasteiger partial charge in [0.15, 0.2) is 0 Å². The highest BCUT2D eigenvalue weighted by Crippen LogP contribution is 1.97. The smallest absolute Gasteiger partial charge is 0.239 e. The molecular formula is C14H22ClN3O2. The van der Waals surface area contributed by atoms with E-state index in [0.717, 1.165) is 6.42 Å². The van der Waals surface area contributed by atoms with Gasteiger partial charge in [-0.15, -0.1) is 12.4 Å². The summed E-state index contributed by atoms with van der Waals surface area (Å²) in [6, 6.07) is 9.94. The highest BCUT2D eigenvalue weighted by atomic mass is 35.5. The van der Waals surface area contributed by atoms with E-state index in [1.165, 1.54) is 5.56 Å². The summed E-state index contributed by atoms with van der Waals surface area (Å²) in [7, 11) is 1.78. The Balaban J connectivity index is 0.00000361. The summed E-state index contributed by atoms with van der Waals surface area (Å²) in [5.41, 5.74) is 1.18. The van der Waals surface area contributed by atoms with Gasteiger partial charge in [0.25, 0.3) is 0 Å². The molecule has 0 aliphatic heterocycles. The minimum absolute atomic E-state index is 0. The van der Waals surface area contributed by atoms with Crippen LogP contribution in [0.1, 0.15) is 12.0 Å². The fourth-order valence-electron chi connectivity index (χ4n) is 1.56. The fraction of sp³-hybridized carbons (Fsp3) is 0.429. The van der Waals surface area contributed by atoms with Crippen LogP contribution < -0.4 is 16.0 Å². The minimum Gasteiger partial charge on any atom is -0.354 e. The molecule has 1 aromatic rings. The zero-order valence-corrected chi connectivity index (χ0v) is 12.5. The van der Waals surface area contributed by atoms with Crippen LogP contribution in [0, 0.1) is 0 Å². The van der Waals surface area contributed by atoms with E-state index in [-0.39, 0.29) is 30.8 Å². The van der Waals surface area contributed by atoms with Crippen molar-refractivity contribution in [2.24, 2.45) is 0 Å². The van der Waals surface area contributed by atoms with Gasteiger partial charge in [0.2, 0.25) is 11.8 Å². The molecule has 0 saturated carbocycles. The molecule has 0 spiro atoms. The number of amides is 2. The Morgan fingerprint density at radius 3 is 2.35 bits per heavy atom. The van der Waals surface area contributed by atoms with E-state index in [1.807, 2.05) is 30.3 Å². The molecule has 1 aromatic carbocycles. The van der Waals surface area contributed by atoms with Crippen LogP contribution >= 0.6 is 12.4 Å². The first kappa shape index (κ1) is 18.4. The molecule has 0 unspecified atom stereocenters. The molecule has 0 aliphatic carbocycles. The molecule has 112 valence electrons. The number of nitrogens with one attached hydrogen (secondary N) is 3. The maximum Gasteiger partial charge on any atom is 0.239 e. The Labute approximate surface area is 125 Å². The third kappa shape index (κ3) is 8.50. The maximum atomic E-state index is 11.5. The van der Waals surface area contributed by atoms with Crippen molar-refractivity contribution in [1.29, 1.82) is 0 Å². The molecule has 5 nitrogen and oxygen atoms in total. The first-order valence-electron chi connectivity index (χ1n) is 6.44. The molecule has 3 N–H and O–H groups in total. The Morgan fingerprint density at radius 2 is 1.70 bits per heavy atom. The predicted molar refractivity (Wildman–Crippen MR) is 82.0 cm³/mol. The van der Waals surface area contributed by atoms with E-state index in [1.54, 1.807) is 7.05 Å². The van der Waals surface area contributed by atoms with Gasteiger partial charge in [0, 0.05) is 19.5 Å². The number of halogens is 1. The van der Waals surface area contributed by atoms with Crippen molar-refractivity contribution < 1.29 is 9.59 Å². The molecule has 0 aromatic heterocycles. The highest BCUT2D eigenvalue weighted by Gasteiger charge is 2.04. The van der Waals surface area contributed by atoms with Gasteiger partial charge in [0.1, 0.15) is 0 Å². The second-order valence-electron chi connectivity index (χ2n) is 4.22. The van der Waals surface area contributed by atoms with Gasteiger partial charge in [-0.1, -0.05) is 30.3 Å². The molecule has 0 heterocycles. The van der Waals surface area contributed by atoms with Crippen LogP contribution in [0.15, 0.2) is 30.3 Å². The van der Waals surface area contributed by atoms with Crippen molar-refractivity contribution in [1.82, 2.24) is 16.0 Å². The van der Waals surface area contributed by atoms with Gasteiger partial charge in [-0.2, -0.15) is 0 Å². The molecule has 6 heteroatoms. The molecule has 0 aliphatic rings. The molecule has 1 rings (SSSR count). The van der Waals surface area contributed by atoms with Crippen LogP contribution in [-0.2, 0) is 16.0 Å². The van der Waals surface area contributed by atoms with Crippen molar-refractivity contribution in [3.05, 3.63) is 35.9 Å². The highest BCUT2D eigenvalue weighted by molar-refractivity contribution is 5.85. The molecule has 0 radical (unpaired) electrons. The second-order valence-corrected chi connectivity index (χ2v) is 4.22. The van der Waals surface area contributed by atoms with Gasteiger partial charge in [-0.25, -0.2) is 0 Å². The first-order chi connectivity index (χ1) is 9.22. The van der Waals surface area contributed by atoms with E-state index in [9.17, 15) is 9.59 Å². The van der Waals surface area contributed by atoms with Crippen LogP contribution in [0.5, 0.6) is 0 Å². The lowest BCUT2D eigenvalue weighted by Gasteiger charge is -2.07. The van der Waals surface area contributed by atoms with Crippen molar-refractivity contribution in [2.75, 3.05) is 26.7 Å². The van der Waals surface area contributed by atoms with Gasteiger partial charge in [0.05, 0.1) is 6.54 Å². The number of hydrogen-bond acceptors (Lipinski definition) is 3. The normalized spacial score (nSPS) is 9.45. The zero-order valence-electron chi connectivity index (χ0n) is 11.6. The zero-order chi connectivity index (χ0) is 13.9. The summed E-state index contributed by atoms with van der Waals surface area (Å²) in [4.78, 5) is 22.7. The Kier molecular flexibility index (Phi) is 10.4. The standard InChI is InChI=1S/C14H21N3O2.ClH/c1-15-9-8-13(18)17-11-14(19)16-10-7-12-5-3-2-4-6-12;/h2-6,15H,7-11H2,1H3,(H,16,19)(H,17,18);1H. The van der Waals surface area contributed by atoms with Crippen LogP contribution in [-0.4, -0.2) is 38.5 Å². The summed E-state index contributed by atoms with van der Waals surface area (Å²) >= 11 is 0. The topological polar surface area (TPSA) is 70.2 Å². The van der Waals surface area contributed by atoms with E-state index in [4.69, 9.17) is 0 Å². The second kappa shape index (κ2) is 11.3. The molecule has 2 amide bonds. The molecule has 0 atom stereocenters. The molecular weight excluding hydrogens is 278 g/mol. The third-order valence-corrected chi connectivity index (χ3v) is 2.63. The Bertz CT molecular complexity index is 399. The Morgan fingerprint density at radius 1 is 1.00 bits per heavy atom. The van der Waals surface area contributed by atoms with Crippen LogP contribution in [0.3, 0.4) is 0 Å². The van der Waals surface area contributed by atoms with Crippen molar-refractivity contribution in [2.45, 2.75) is 12.8 Å². The van der Waals surface area contributed by atoms with E-state index in [0.29, 0.717) is 19.5 Å². The molecule has 0 bridgehead atoms. The van der Waals surface area contributed by atoms with Gasteiger partial charge < -0.3 is 16.0 Å². The first-order valence-corrected chi connectivity index (χ1v) is 6.44. The monoisotopic (exact) mass is 299 g/mol. The number of carbonyl (C=O) groups excluding carboxylic acids is 2. The number of rotatable bonds is 8. The van der Waals surface area contributed by atoms with Crippen LogP contribution in [0.2, 0.25) is 0 Å². The average molecular weight is 300 g/mol. The van der Waals surface area contributed by atoms with E-state index >= 15 is 0 Å². The summed E-state index contributed by atoms with van der Waals surface area (Å²) in [6.45, 7) is 1.23. The van der Waals surface area contributed by atoms with Crippen molar-refractivity contribution in [3.8, 4) is 0 Å². The third-order valence-electron chi connectivity index (χ3n) is 2.63. The molecule has 0 saturated heterocycles. The van der Waals surface area contributed by atoms with Crippen molar-refractivity contribution in [3.63, 3.8) is 0 Å².